The van der Waals surface area contributed by atoms with E-state index in [0.29, 0.717) is 11.6 Å². The van der Waals surface area contributed by atoms with E-state index in [9.17, 15) is 18.0 Å². The zero-order valence-electron chi connectivity index (χ0n) is 19.8. The minimum Gasteiger partial charge on any atom is -0.302 e. The van der Waals surface area contributed by atoms with Crippen LogP contribution in [0.2, 0.25) is 0 Å². The number of aliphatic imine (C=N–C) groups is 1. The number of rotatable bonds is 4. The summed E-state index contributed by atoms with van der Waals surface area (Å²) in [6.07, 6.45) is -0.673. The summed E-state index contributed by atoms with van der Waals surface area (Å²) in [4.78, 5) is 38.1. The molecule has 0 spiro atoms. The van der Waals surface area contributed by atoms with Gasteiger partial charge in [-0.05, 0) is 50.6 Å². The molecule has 2 N–H and O–H groups in total. The number of guanidine groups is 1. The lowest BCUT2D eigenvalue weighted by Crippen LogP contribution is -2.64. The van der Waals surface area contributed by atoms with Crippen molar-refractivity contribution in [1.82, 2.24) is 14.7 Å². The van der Waals surface area contributed by atoms with Crippen LogP contribution in [0.25, 0.3) is 0 Å². The molecule has 5 rings (SSSR count). The highest BCUT2D eigenvalue weighted by atomic mass is 32.2. The number of benzene rings is 2. The van der Waals surface area contributed by atoms with E-state index in [1.54, 1.807) is 19.2 Å². The van der Waals surface area contributed by atoms with Crippen LogP contribution in [0.15, 0.2) is 69.8 Å². The Morgan fingerprint density at radius 2 is 1.69 bits per heavy atom. The van der Waals surface area contributed by atoms with Crippen molar-refractivity contribution in [3.63, 3.8) is 0 Å². The predicted molar refractivity (Wildman–Crippen MR) is 130 cm³/mol. The first kappa shape index (κ1) is 23.1. The fourth-order valence-electron chi connectivity index (χ4n) is 4.85. The van der Waals surface area contributed by atoms with Crippen molar-refractivity contribution in [2.45, 2.75) is 44.4 Å². The Kier molecular flexibility index (Phi) is 5.22. The SMILES string of the molecule is CC1=C(C)N2C(=NC3C2C(=O)N(Cc2cccc(C)c2)C(=O)N3C)N1c1ccc(S(N)(=O)=O)cc1. The summed E-state index contributed by atoms with van der Waals surface area (Å²) in [5.74, 6) is 0.209. The molecule has 0 radical (unpaired) electrons. The van der Waals surface area contributed by atoms with E-state index in [1.807, 2.05) is 54.8 Å². The number of urea groups is 1. The number of likely N-dealkylation sites (N-methyl/N-ethyl adjacent to an activating group) is 1. The van der Waals surface area contributed by atoms with Gasteiger partial charge in [-0.1, -0.05) is 29.8 Å². The van der Waals surface area contributed by atoms with Crippen molar-refractivity contribution in [1.29, 1.82) is 0 Å². The number of allylic oxidation sites excluding steroid dienone is 2. The highest BCUT2D eigenvalue weighted by Crippen LogP contribution is 2.40. The molecule has 1 fully saturated rings. The monoisotopic (exact) mass is 494 g/mol. The predicted octanol–water partition coefficient (Wildman–Crippen LogP) is 2.17. The second kappa shape index (κ2) is 7.92. The number of carbonyl (C=O) groups excluding carboxylic acids is 2. The number of fused-ring (bicyclic) bond motifs is 3. The molecule has 0 bridgehead atoms. The molecule has 11 heteroatoms. The molecule has 3 aliphatic heterocycles. The van der Waals surface area contributed by atoms with E-state index >= 15 is 0 Å². The number of nitrogens with zero attached hydrogens (tertiary/aromatic N) is 5. The normalized spacial score (nSPS) is 22.1. The van der Waals surface area contributed by atoms with Crippen molar-refractivity contribution >= 4 is 33.6 Å². The molecule has 2 unspecified atom stereocenters. The van der Waals surface area contributed by atoms with E-state index in [1.165, 1.54) is 21.9 Å². The molecule has 2 aromatic carbocycles. The summed E-state index contributed by atoms with van der Waals surface area (Å²) in [5.41, 5.74) is 4.28. The van der Waals surface area contributed by atoms with E-state index in [2.05, 4.69) is 0 Å². The van der Waals surface area contributed by atoms with Crippen LogP contribution < -0.4 is 10.0 Å². The minimum atomic E-state index is -3.82. The van der Waals surface area contributed by atoms with E-state index in [4.69, 9.17) is 10.1 Å². The third kappa shape index (κ3) is 3.58. The van der Waals surface area contributed by atoms with Gasteiger partial charge in [-0.25, -0.2) is 23.3 Å². The lowest BCUT2D eigenvalue weighted by molar-refractivity contribution is -0.137. The van der Waals surface area contributed by atoms with Gasteiger partial charge in [-0.3, -0.25) is 19.5 Å². The number of primary sulfonamides is 1. The summed E-state index contributed by atoms with van der Waals surface area (Å²) >= 11 is 0. The van der Waals surface area contributed by atoms with Crippen LogP contribution in [0.3, 0.4) is 0 Å². The van der Waals surface area contributed by atoms with Crippen LogP contribution in [0.4, 0.5) is 10.5 Å². The number of amides is 3. The standard InChI is InChI=1S/C24H26N6O4S/c1-14-6-5-7-17(12-14)13-28-22(31)20-21(27(4)24(28)32)26-23-29(15(2)16(3)30(20)23)18-8-10-19(11-9-18)35(25,33)34/h5-12,20-21H,13H2,1-4H3,(H2,25,33,34). The smallest absolute Gasteiger partial charge is 0.302 e. The number of sulfonamides is 1. The maximum Gasteiger partial charge on any atom is 0.328 e. The number of hydrogen-bond acceptors (Lipinski definition) is 7. The molecule has 0 aliphatic carbocycles. The van der Waals surface area contributed by atoms with E-state index in [0.717, 1.165) is 22.5 Å². The molecule has 3 aliphatic rings. The third-order valence-electron chi connectivity index (χ3n) is 6.74. The topological polar surface area (TPSA) is 120 Å². The van der Waals surface area contributed by atoms with Crippen LogP contribution in [-0.2, 0) is 21.4 Å². The van der Waals surface area contributed by atoms with Crippen molar-refractivity contribution in [2.24, 2.45) is 10.1 Å². The zero-order chi connectivity index (χ0) is 25.2. The van der Waals surface area contributed by atoms with Crippen molar-refractivity contribution in [3.8, 4) is 0 Å². The fourth-order valence-corrected chi connectivity index (χ4v) is 5.36. The van der Waals surface area contributed by atoms with Gasteiger partial charge in [0.15, 0.2) is 12.2 Å². The minimum absolute atomic E-state index is 0.00462. The largest absolute Gasteiger partial charge is 0.328 e. The average molecular weight is 495 g/mol. The quantitative estimate of drug-likeness (QED) is 0.696. The number of nitrogens with two attached hydrogens (primary N) is 1. The average Bonchev–Trinajstić information content (AvgIpc) is 3.30. The molecular formula is C24H26N6O4S. The maximum atomic E-state index is 13.7. The van der Waals surface area contributed by atoms with Crippen molar-refractivity contribution in [2.75, 3.05) is 11.9 Å². The summed E-state index contributed by atoms with van der Waals surface area (Å²) in [6, 6.07) is 12.8. The summed E-state index contributed by atoms with van der Waals surface area (Å²) in [7, 11) is -2.17. The molecule has 2 aromatic rings. The van der Waals surface area contributed by atoms with Gasteiger partial charge in [-0.15, -0.1) is 0 Å². The summed E-state index contributed by atoms with van der Waals surface area (Å²) in [6.45, 7) is 5.95. The second-order valence-electron chi connectivity index (χ2n) is 9.01. The van der Waals surface area contributed by atoms with Gasteiger partial charge >= 0.3 is 6.03 Å². The van der Waals surface area contributed by atoms with Crippen LogP contribution in [0, 0.1) is 6.92 Å². The van der Waals surface area contributed by atoms with Gasteiger partial charge < -0.3 is 4.90 Å². The zero-order valence-corrected chi connectivity index (χ0v) is 20.7. The lowest BCUT2D eigenvalue weighted by Gasteiger charge is -2.40. The van der Waals surface area contributed by atoms with Gasteiger partial charge in [0, 0.05) is 24.1 Å². The molecule has 0 saturated carbocycles. The molecular weight excluding hydrogens is 468 g/mol. The number of carbonyl (C=O) groups is 2. The lowest BCUT2D eigenvalue weighted by atomic mass is 10.1. The number of anilines is 1. The van der Waals surface area contributed by atoms with Gasteiger partial charge in [0.2, 0.25) is 16.0 Å². The Bertz CT molecular complexity index is 1420. The Morgan fingerprint density at radius 3 is 2.31 bits per heavy atom. The van der Waals surface area contributed by atoms with Gasteiger partial charge in [0.05, 0.1) is 11.4 Å². The van der Waals surface area contributed by atoms with Crippen LogP contribution in [0.5, 0.6) is 0 Å². The molecule has 3 amide bonds. The summed E-state index contributed by atoms with van der Waals surface area (Å²) in [5, 5.41) is 5.23. The molecule has 35 heavy (non-hydrogen) atoms. The van der Waals surface area contributed by atoms with Crippen molar-refractivity contribution in [3.05, 3.63) is 71.1 Å². The molecule has 0 aromatic heterocycles. The van der Waals surface area contributed by atoms with Gasteiger partial charge in [0.1, 0.15) is 0 Å². The maximum absolute atomic E-state index is 13.7. The molecule has 3 heterocycles. The molecule has 182 valence electrons. The molecule has 2 atom stereocenters. The first-order valence-electron chi connectivity index (χ1n) is 11.1. The van der Waals surface area contributed by atoms with Crippen molar-refractivity contribution < 1.29 is 18.0 Å². The first-order valence-corrected chi connectivity index (χ1v) is 12.6. The first-order chi connectivity index (χ1) is 16.5. The van der Waals surface area contributed by atoms with E-state index in [-0.39, 0.29) is 17.3 Å². The van der Waals surface area contributed by atoms with Crippen LogP contribution in [-0.4, -0.2) is 60.3 Å². The Balaban J connectivity index is 1.50. The molecule has 1 saturated heterocycles. The Labute approximate surface area is 204 Å². The van der Waals surface area contributed by atoms with Crippen LogP contribution >= 0.6 is 0 Å². The number of hydrogen-bond donors (Lipinski definition) is 1. The van der Waals surface area contributed by atoms with Crippen LogP contribution in [0.1, 0.15) is 25.0 Å². The van der Waals surface area contributed by atoms with E-state index < -0.39 is 28.3 Å². The number of imide groups is 1. The summed E-state index contributed by atoms with van der Waals surface area (Å²) < 4.78 is 23.3. The highest BCUT2D eigenvalue weighted by molar-refractivity contribution is 7.89. The van der Waals surface area contributed by atoms with Gasteiger partial charge in [0.25, 0.3) is 5.91 Å². The second-order valence-corrected chi connectivity index (χ2v) is 10.6. The Hall–Kier alpha value is -3.70. The number of aryl methyl sites for hydroxylation is 1. The fraction of sp³-hybridized carbons (Fsp3) is 0.292. The highest BCUT2D eigenvalue weighted by Gasteiger charge is 2.55. The molecule has 10 nitrogen and oxygen atoms in total. The van der Waals surface area contributed by atoms with Gasteiger partial charge in [-0.2, -0.15) is 0 Å². The third-order valence-corrected chi connectivity index (χ3v) is 7.67. The Morgan fingerprint density at radius 1 is 1.00 bits per heavy atom.